The van der Waals surface area contributed by atoms with Gasteiger partial charge in [-0.25, -0.2) is 4.39 Å². The number of carbonyl (C=O) groups is 2. The van der Waals surface area contributed by atoms with Gasteiger partial charge in [0.05, 0.1) is 18.3 Å². The summed E-state index contributed by atoms with van der Waals surface area (Å²) >= 11 is 0. The summed E-state index contributed by atoms with van der Waals surface area (Å²) in [6.45, 7) is 3.47. The van der Waals surface area contributed by atoms with Gasteiger partial charge in [-0.1, -0.05) is 23.4 Å². The van der Waals surface area contributed by atoms with E-state index < -0.39 is 0 Å². The summed E-state index contributed by atoms with van der Waals surface area (Å²) in [7, 11) is 0. The number of piperidine rings is 1. The summed E-state index contributed by atoms with van der Waals surface area (Å²) in [4.78, 5) is 33.8. The van der Waals surface area contributed by atoms with E-state index in [0.29, 0.717) is 50.0 Å². The molecule has 9 nitrogen and oxygen atoms in total. The van der Waals surface area contributed by atoms with Gasteiger partial charge in [0.25, 0.3) is 11.8 Å². The minimum Gasteiger partial charge on any atom is -0.482 e. The van der Waals surface area contributed by atoms with Gasteiger partial charge in [0, 0.05) is 19.5 Å². The number of halogens is 1. The van der Waals surface area contributed by atoms with Crippen LogP contribution in [0.25, 0.3) is 0 Å². The van der Waals surface area contributed by atoms with Crippen LogP contribution in [0.2, 0.25) is 0 Å². The van der Waals surface area contributed by atoms with Gasteiger partial charge in [-0.05, 0) is 68.0 Å². The first-order valence-electron chi connectivity index (χ1n) is 13.0. The highest BCUT2D eigenvalue weighted by molar-refractivity contribution is 5.98. The minimum atomic E-state index is -0.295. The number of aryl methyl sites for hydroxylation is 1. The number of likely N-dealkylation sites (tertiary alicyclic amines) is 1. The predicted molar refractivity (Wildman–Crippen MR) is 136 cm³/mol. The van der Waals surface area contributed by atoms with E-state index in [9.17, 15) is 14.0 Å². The molecule has 2 aromatic carbocycles. The predicted octanol–water partition coefficient (Wildman–Crippen LogP) is 4.49. The average Bonchev–Trinajstić information content (AvgIpc) is 3.40. The highest BCUT2D eigenvalue weighted by Crippen LogP contribution is 2.34. The molecule has 0 saturated carbocycles. The van der Waals surface area contributed by atoms with Crippen molar-refractivity contribution in [2.75, 3.05) is 24.6 Å². The van der Waals surface area contributed by atoms with Crippen LogP contribution in [0.4, 0.5) is 10.1 Å². The fourth-order valence-electron chi connectivity index (χ4n) is 4.89. The van der Waals surface area contributed by atoms with Crippen LogP contribution in [0.1, 0.15) is 61.0 Å². The highest BCUT2D eigenvalue weighted by Gasteiger charge is 2.32. The molecule has 1 fully saturated rings. The lowest BCUT2D eigenvalue weighted by Crippen LogP contribution is -2.41. The maximum atomic E-state index is 13.2. The van der Waals surface area contributed by atoms with E-state index in [2.05, 4.69) is 10.1 Å². The summed E-state index contributed by atoms with van der Waals surface area (Å²) in [5.74, 6) is 1.11. The first kappa shape index (κ1) is 25.8. The van der Waals surface area contributed by atoms with Gasteiger partial charge in [-0.15, -0.1) is 0 Å². The van der Waals surface area contributed by atoms with Crippen LogP contribution in [-0.2, 0) is 27.5 Å². The SMILES string of the molecule is Cc1ccc2c(c1)N(CCCC(=O)N1CCCCC1c1noc(COCc3ccc(F)cc3)n1)C(=O)CO2. The van der Waals surface area contributed by atoms with E-state index in [0.717, 1.165) is 36.1 Å². The largest absolute Gasteiger partial charge is 0.482 e. The molecule has 3 heterocycles. The summed E-state index contributed by atoms with van der Waals surface area (Å²) < 4.78 is 29.6. The molecular weight excluding hydrogens is 491 g/mol. The number of rotatable bonds is 9. The van der Waals surface area contributed by atoms with Crippen molar-refractivity contribution in [2.45, 2.75) is 58.3 Å². The van der Waals surface area contributed by atoms with E-state index >= 15 is 0 Å². The maximum absolute atomic E-state index is 13.2. The minimum absolute atomic E-state index is 0.00593. The summed E-state index contributed by atoms with van der Waals surface area (Å²) in [6.07, 6.45) is 3.50. The monoisotopic (exact) mass is 522 g/mol. The van der Waals surface area contributed by atoms with Crippen molar-refractivity contribution in [2.24, 2.45) is 0 Å². The van der Waals surface area contributed by atoms with Crippen molar-refractivity contribution >= 4 is 17.5 Å². The Labute approximate surface area is 220 Å². The lowest BCUT2D eigenvalue weighted by molar-refractivity contribution is -0.135. The number of ether oxygens (including phenoxy) is 2. The third-order valence-electron chi connectivity index (χ3n) is 6.84. The van der Waals surface area contributed by atoms with E-state index in [1.165, 1.54) is 12.1 Å². The second-order valence-corrected chi connectivity index (χ2v) is 9.67. The third-order valence-corrected chi connectivity index (χ3v) is 6.84. The van der Waals surface area contributed by atoms with Gasteiger partial charge < -0.3 is 23.8 Å². The van der Waals surface area contributed by atoms with Gasteiger partial charge in [0.1, 0.15) is 18.2 Å². The third kappa shape index (κ3) is 6.02. The smallest absolute Gasteiger partial charge is 0.265 e. The number of anilines is 1. The molecular formula is C28H31FN4O5. The first-order valence-corrected chi connectivity index (χ1v) is 13.0. The van der Waals surface area contributed by atoms with E-state index in [1.807, 2.05) is 30.0 Å². The molecule has 10 heteroatoms. The average molecular weight is 523 g/mol. The summed E-state index contributed by atoms with van der Waals surface area (Å²) in [5.41, 5.74) is 2.64. The molecule has 1 saturated heterocycles. The lowest BCUT2D eigenvalue weighted by atomic mass is 10.0. The molecule has 2 amide bonds. The van der Waals surface area contributed by atoms with Crippen LogP contribution in [-0.4, -0.2) is 46.6 Å². The fourth-order valence-corrected chi connectivity index (χ4v) is 4.89. The van der Waals surface area contributed by atoms with Crippen molar-refractivity contribution in [1.82, 2.24) is 15.0 Å². The van der Waals surface area contributed by atoms with Crippen LogP contribution in [0.5, 0.6) is 5.75 Å². The van der Waals surface area contributed by atoms with Crippen molar-refractivity contribution < 1.29 is 28.0 Å². The standard InChI is InChI=1S/C28H31FN4O5/c1-19-7-12-24-23(15-19)33(27(35)18-37-24)14-4-6-26(34)32-13-3-2-5-22(32)28-30-25(38-31-28)17-36-16-20-8-10-21(29)11-9-20/h7-12,15,22H,2-6,13-14,16-18H2,1H3. The van der Waals surface area contributed by atoms with Gasteiger partial charge >= 0.3 is 0 Å². The van der Waals surface area contributed by atoms with Crippen LogP contribution in [0.15, 0.2) is 47.0 Å². The van der Waals surface area contributed by atoms with Crippen LogP contribution >= 0.6 is 0 Å². The van der Waals surface area contributed by atoms with E-state index in [4.69, 9.17) is 14.0 Å². The quantitative estimate of drug-likeness (QED) is 0.408. The number of carbonyl (C=O) groups excluding carboxylic acids is 2. The second-order valence-electron chi connectivity index (χ2n) is 9.67. The van der Waals surface area contributed by atoms with Crippen LogP contribution in [0.3, 0.4) is 0 Å². The number of hydrogen-bond acceptors (Lipinski definition) is 7. The lowest BCUT2D eigenvalue weighted by Gasteiger charge is -2.34. The number of benzene rings is 2. The second kappa shape index (κ2) is 11.7. The van der Waals surface area contributed by atoms with Crippen LogP contribution < -0.4 is 9.64 Å². The Morgan fingerprint density at radius 2 is 2.00 bits per heavy atom. The zero-order valence-electron chi connectivity index (χ0n) is 21.4. The molecule has 0 aliphatic carbocycles. The Kier molecular flexibility index (Phi) is 7.97. The first-order chi connectivity index (χ1) is 18.5. The Hall–Kier alpha value is -3.79. The summed E-state index contributed by atoms with van der Waals surface area (Å²) in [6, 6.07) is 11.6. The van der Waals surface area contributed by atoms with Gasteiger partial charge in [0.15, 0.2) is 12.4 Å². The Morgan fingerprint density at radius 3 is 2.84 bits per heavy atom. The maximum Gasteiger partial charge on any atom is 0.265 e. The Bertz CT molecular complexity index is 1280. The molecule has 0 spiro atoms. The van der Waals surface area contributed by atoms with Crippen molar-refractivity contribution in [3.63, 3.8) is 0 Å². The molecule has 0 N–H and O–H groups in total. The molecule has 1 atom stereocenters. The van der Waals surface area contributed by atoms with Crippen molar-refractivity contribution in [3.8, 4) is 5.75 Å². The molecule has 2 aliphatic rings. The molecule has 1 unspecified atom stereocenters. The number of aromatic nitrogens is 2. The van der Waals surface area contributed by atoms with E-state index in [-0.39, 0.29) is 36.9 Å². The number of hydrogen-bond donors (Lipinski definition) is 0. The number of amides is 2. The topological polar surface area (TPSA) is 98.0 Å². The molecule has 200 valence electrons. The highest BCUT2D eigenvalue weighted by atomic mass is 19.1. The summed E-state index contributed by atoms with van der Waals surface area (Å²) in [5, 5.41) is 4.13. The molecule has 2 aliphatic heterocycles. The van der Waals surface area contributed by atoms with Gasteiger partial charge in [0.2, 0.25) is 5.91 Å². The Balaban J connectivity index is 1.15. The van der Waals surface area contributed by atoms with Gasteiger partial charge in [-0.3, -0.25) is 9.59 Å². The zero-order chi connectivity index (χ0) is 26.5. The van der Waals surface area contributed by atoms with Crippen molar-refractivity contribution in [1.29, 1.82) is 0 Å². The number of nitrogens with zero attached hydrogens (tertiary/aromatic N) is 4. The zero-order valence-corrected chi connectivity index (χ0v) is 21.4. The molecule has 38 heavy (non-hydrogen) atoms. The molecule has 1 aromatic heterocycles. The fraction of sp³-hybridized carbons (Fsp3) is 0.429. The van der Waals surface area contributed by atoms with E-state index in [1.54, 1.807) is 17.0 Å². The Morgan fingerprint density at radius 1 is 1.16 bits per heavy atom. The number of fused-ring (bicyclic) bond motifs is 1. The normalized spacial score (nSPS) is 17.3. The molecule has 0 radical (unpaired) electrons. The van der Waals surface area contributed by atoms with Crippen LogP contribution in [0, 0.1) is 12.7 Å². The molecule has 0 bridgehead atoms. The molecule has 5 rings (SSSR count). The molecule has 3 aromatic rings. The van der Waals surface area contributed by atoms with Gasteiger partial charge in [-0.2, -0.15) is 4.98 Å². The van der Waals surface area contributed by atoms with Crippen molar-refractivity contribution in [3.05, 3.63) is 71.1 Å².